The molecule has 2 aliphatic carbocycles. The number of allylic oxidation sites excluding steroid dienone is 4. The second-order valence-electron chi connectivity index (χ2n) is 7.72. The molecular weight excluding hydrogens is 300 g/mol. The van der Waals surface area contributed by atoms with Crippen LogP contribution in [0.4, 0.5) is 0 Å². The molecule has 0 amide bonds. The van der Waals surface area contributed by atoms with Gasteiger partial charge in [0.25, 0.3) is 0 Å². The van der Waals surface area contributed by atoms with E-state index in [0.29, 0.717) is 5.92 Å². The number of hydrogen-bond acceptors (Lipinski definition) is 0. The lowest BCUT2D eigenvalue weighted by Gasteiger charge is -2.39. The molecule has 0 heteroatoms. The van der Waals surface area contributed by atoms with Crippen LogP contribution in [0.5, 0.6) is 0 Å². The average molecular weight is 328 g/mol. The van der Waals surface area contributed by atoms with E-state index in [1.54, 1.807) is 5.57 Å². The highest BCUT2D eigenvalue weighted by molar-refractivity contribution is 5.83. The summed E-state index contributed by atoms with van der Waals surface area (Å²) in [6.07, 6.45) is 12.0. The fourth-order valence-corrected chi connectivity index (χ4v) is 5.11. The molecule has 0 N–H and O–H groups in total. The van der Waals surface area contributed by atoms with Crippen LogP contribution in [0.3, 0.4) is 0 Å². The Hall–Kier alpha value is -2.08. The average Bonchev–Trinajstić information content (AvgIpc) is 3.24. The Kier molecular flexibility index (Phi) is 4.15. The first-order chi connectivity index (χ1) is 12.2. The molecule has 1 atom stereocenters. The molecule has 0 spiro atoms. The van der Waals surface area contributed by atoms with Gasteiger partial charge in [-0.15, -0.1) is 0 Å². The van der Waals surface area contributed by atoms with Crippen molar-refractivity contribution in [3.63, 3.8) is 0 Å². The Balaban J connectivity index is 2.04. The summed E-state index contributed by atoms with van der Waals surface area (Å²) in [7, 11) is 0. The van der Waals surface area contributed by atoms with Crippen molar-refractivity contribution in [2.75, 3.05) is 0 Å². The van der Waals surface area contributed by atoms with Crippen LogP contribution in [0.25, 0.3) is 11.1 Å². The first kappa shape index (κ1) is 16.4. The molecule has 0 bridgehead atoms. The molecule has 0 fully saturated rings. The van der Waals surface area contributed by atoms with Crippen molar-refractivity contribution in [2.45, 2.75) is 51.9 Å². The van der Waals surface area contributed by atoms with Gasteiger partial charge in [0.2, 0.25) is 0 Å². The predicted octanol–water partition coefficient (Wildman–Crippen LogP) is 6.97. The monoisotopic (exact) mass is 328 g/mol. The molecule has 0 radical (unpaired) electrons. The maximum absolute atomic E-state index is 2.51. The molecule has 25 heavy (non-hydrogen) atoms. The summed E-state index contributed by atoms with van der Waals surface area (Å²) < 4.78 is 0. The van der Waals surface area contributed by atoms with Gasteiger partial charge in [-0.2, -0.15) is 0 Å². The summed E-state index contributed by atoms with van der Waals surface area (Å²) in [4.78, 5) is 0. The first-order valence-electron chi connectivity index (χ1n) is 9.72. The lowest BCUT2D eigenvalue weighted by Crippen LogP contribution is -2.35. The van der Waals surface area contributed by atoms with Crippen LogP contribution in [0.15, 0.2) is 66.3 Å². The van der Waals surface area contributed by atoms with Gasteiger partial charge in [-0.25, -0.2) is 0 Å². The Morgan fingerprint density at radius 1 is 1.04 bits per heavy atom. The molecule has 2 aliphatic rings. The fraction of sp³-hybridized carbons (Fsp3) is 0.360. The highest BCUT2D eigenvalue weighted by Gasteiger charge is 2.49. The SMILES string of the molecule is CCC/C=C(\C)C1(C2CC=CC2)c2ccccc2-c2ccc(C)cc21. The van der Waals surface area contributed by atoms with E-state index in [-0.39, 0.29) is 5.41 Å². The van der Waals surface area contributed by atoms with Crippen molar-refractivity contribution in [3.05, 3.63) is 83.0 Å². The van der Waals surface area contributed by atoms with E-state index in [2.05, 4.69) is 81.5 Å². The summed E-state index contributed by atoms with van der Waals surface area (Å²) in [5.41, 5.74) is 8.88. The van der Waals surface area contributed by atoms with E-state index in [9.17, 15) is 0 Å². The zero-order valence-corrected chi connectivity index (χ0v) is 15.7. The Morgan fingerprint density at radius 3 is 2.52 bits per heavy atom. The van der Waals surface area contributed by atoms with E-state index >= 15 is 0 Å². The van der Waals surface area contributed by atoms with Crippen LogP contribution in [-0.4, -0.2) is 0 Å². The molecule has 0 saturated carbocycles. The summed E-state index contributed by atoms with van der Waals surface area (Å²) in [6.45, 7) is 6.88. The largest absolute Gasteiger partial charge is 0.0882 e. The fourth-order valence-electron chi connectivity index (χ4n) is 5.11. The predicted molar refractivity (Wildman–Crippen MR) is 108 cm³/mol. The van der Waals surface area contributed by atoms with Gasteiger partial charge in [0.05, 0.1) is 0 Å². The van der Waals surface area contributed by atoms with Crippen LogP contribution in [0.1, 0.15) is 56.2 Å². The Morgan fingerprint density at radius 2 is 1.76 bits per heavy atom. The minimum Gasteiger partial charge on any atom is -0.0882 e. The van der Waals surface area contributed by atoms with Crippen LogP contribution >= 0.6 is 0 Å². The van der Waals surface area contributed by atoms with Crippen LogP contribution in [0, 0.1) is 12.8 Å². The Bertz CT molecular complexity index is 844. The van der Waals surface area contributed by atoms with E-state index in [4.69, 9.17) is 0 Å². The second-order valence-corrected chi connectivity index (χ2v) is 7.72. The quantitative estimate of drug-likeness (QED) is 0.531. The molecule has 0 aromatic heterocycles. The smallest absolute Gasteiger partial charge is 0.0454 e. The molecule has 2 aromatic rings. The van der Waals surface area contributed by atoms with E-state index in [1.165, 1.54) is 47.1 Å². The maximum Gasteiger partial charge on any atom is 0.0454 e. The van der Waals surface area contributed by atoms with Gasteiger partial charge >= 0.3 is 0 Å². The molecular formula is C25H28. The third-order valence-electron chi connectivity index (χ3n) is 6.22. The summed E-state index contributed by atoms with van der Waals surface area (Å²) in [5, 5.41) is 0. The molecule has 0 aliphatic heterocycles. The normalized spacial score (nSPS) is 22.3. The molecule has 4 rings (SSSR count). The number of hydrogen-bond donors (Lipinski definition) is 0. The van der Waals surface area contributed by atoms with Gasteiger partial charge in [-0.3, -0.25) is 0 Å². The van der Waals surface area contributed by atoms with Crippen molar-refractivity contribution in [1.82, 2.24) is 0 Å². The van der Waals surface area contributed by atoms with Gasteiger partial charge in [-0.1, -0.05) is 85.2 Å². The lowest BCUT2D eigenvalue weighted by molar-refractivity contribution is 0.392. The summed E-state index contributed by atoms with van der Waals surface area (Å²) >= 11 is 0. The number of unbranched alkanes of at least 4 members (excludes halogenated alkanes) is 1. The van der Waals surface area contributed by atoms with Crippen molar-refractivity contribution in [1.29, 1.82) is 0 Å². The van der Waals surface area contributed by atoms with E-state index < -0.39 is 0 Å². The van der Waals surface area contributed by atoms with E-state index in [1.807, 2.05) is 0 Å². The number of rotatable bonds is 4. The van der Waals surface area contributed by atoms with Crippen molar-refractivity contribution < 1.29 is 0 Å². The molecule has 2 aromatic carbocycles. The van der Waals surface area contributed by atoms with Crippen LogP contribution < -0.4 is 0 Å². The maximum atomic E-state index is 2.51. The van der Waals surface area contributed by atoms with Crippen LogP contribution in [-0.2, 0) is 5.41 Å². The van der Waals surface area contributed by atoms with Crippen molar-refractivity contribution in [3.8, 4) is 11.1 Å². The number of aryl methyl sites for hydroxylation is 1. The van der Waals surface area contributed by atoms with Gasteiger partial charge in [0, 0.05) is 5.41 Å². The highest BCUT2D eigenvalue weighted by Crippen LogP contribution is 2.59. The van der Waals surface area contributed by atoms with Crippen molar-refractivity contribution >= 4 is 0 Å². The minimum atomic E-state index is 0.0383. The number of fused-ring (bicyclic) bond motifs is 3. The topological polar surface area (TPSA) is 0 Å². The highest BCUT2D eigenvalue weighted by atomic mass is 14.5. The lowest BCUT2D eigenvalue weighted by atomic mass is 9.63. The van der Waals surface area contributed by atoms with Gasteiger partial charge in [0.15, 0.2) is 0 Å². The zero-order chi connectivity index (χ0) is 17.4. The van der Waals surface area contributed by atoms with Gasteiger partial charge in [-0.05, 0) is 61.3 Å². The number of benzene rings is 2. The Labute approximate surface area is 152 Å². The third-order valence-corrected chi connectivity index (χ3v) is 6.22. The standard InChI is InChI=1S/C25H28/c1-4-5-10-19(3)25(20-11-6-7-12-20)23-14-9-8-13-21(23)22-16-15-18(2)17-24(22)25/h6-10,13-17,20H,4-5,11-12H2,1-3H3/b19-10+. The zero-order valence-electron chi connectivity index (χ0n) is 15.7. The molecule has 128 valence electrons. The van der Waals surface area contributed by atoms with E-state index in [0.717, 1.165) is 6.42 Å². The van der Waals surface area contributed by atoms with Crippen molar-refractivity contribution in [2.24, 2.45) is 5.92 Å². The van der Waals surface area contributed by atoms with Gasteiger partial charge < -0.3 is 0 Å². The first-order valence-corrected chi connectivity index (χ1v) is 9.72. The third kappa shape index (κ3) is 2.34. The summed E-state index contributed by atoms with van der Waals surface area (Å²) in [6, 6.07) is 16.2. The molecule has 1 unspecified atom stereocenters. The molecule has 0 heterocycles. The summed E-state index contributed by atoms with van der Waals surface area (Å²) in [5.74, 6) is 0.629. The minimum absolute atomic E-state index is 0.0383. The van der Waals surface area contributed by atoms with Crippen LogP contribution in [0.2, 0.25) is 0 Å². The molecule has 0 nitrogen and oxygen atoms in total. The molecule has 0 saturated heterocycles. The second kappa shape index (κ2) is 6.33. The van der Waals surface area contributed by atoms with Gasteiger partial charge in [0.1, 0.15) is 0 Å².